The number of aromatic amines is 1. The van der Waals surface area contributed by atoms with Crippen LogP contribution in [0.1, 0.15) is 49.5 Å². The number of carbonyl (C=O) groups is 1. The average molecular weight is 433 g/mol. The second kappa shape index (κ2) is 8.67. The van der Waals surface area contributed by atoms with E-state index in [9.17, 15) is 23.2 Å². The number of ketones is 1. The van der Waals surface area contributed by atoms with Crippen LogP contribution in [0.3, 0.4) is 0 Å². The van der Waals surface area contributed by atoms with Gasteiger partial charge in [0.05, 0.1) is 29.7 Å². The number of nitrogens with zero attached hydrogens (tertiary/aromatic N) is 3. The van der Waals surface area contributed by atoms with Crippen LogP contribution in [0.2, 0.25) is 0 Å². The molecule has 7 nitrogen and oxygen atoms in total. The topological polar surface area (TPSA) is 104 Å². The minimum atomic E-state index is -2.87. The van der Waals surface area contributed by atoms with Gasteiger partial charge in [0.2, 0.25) is 0 Å². The molecule has 0 amide bonds. The number of aromatic nitrogens is 3. The Morgan fingerprint density at radius 2 is 2.16 bits per heavy atom. The minimum Gasteiger partial charge on any atom is -0.487 e. The number of hydrogen-bond acceptors (Lipinski definition) is 6. The molecule has 2 aliphatic carbocycles. The van der Waals surface area contributed by atoms with Crippen molar-refractivity contribution >= 4 is 5.78 Å². The number of carbonyl (C=O) groups excluding carboxylic acids is 1. The fourth-order valence-electron chi connectivity index (χ4n) is 3.42. The van der Waals surface area contributed by atoms with E-state index < -0.39 is 29.7 Å². The molecular formula is C21H22F3N5O2. The van der Waals surface area contributed by atoms with Crippen molar-refractivity contribution in [2.24, 2.45) is 5.41 Å². The van der Waals surface area contributed by atoms with Crippen LogP contribution >= 0.6 is 0 Å². The van der Waals surface area contributed by atoms with Crippen molar-refractivity contribution in [1.29, 1.82) is 5.26 Å². The third kappa shape index (κ3) is 5.22. The molecule has 164 valence electrons. The lowest BCUT2D eigenvalue weighted by atomic mass is 9.94. The van der Waals surface area contributed by atoms with E-state index in [0.29, 0.717) is 18.7 Å². The molecule has 2 aliphatic rings. The number of nitrogens with one attached hydrogen (secondary N) is 2. The third-order valence-corrected chi connectivity index (χ3v) is 5.62. The van der Waals surface area contributed by atoms with Gasteiger partial charge in [0, 0.05) is 12.8 Å². The van der Waals surface area contributed by atoms with Gasteiger partial charge < -0.3 is 4.74 Å². The number of halogens is 3. The van der Waals surface area contributed by atoms with Crippen LogP contribution in [0.25, 0.3) is 0 Å². The number of benzene rings is 1. The number of rotatable bonds is 11. The lowest BCUT2D eigenvalue weighted by Crippen LogP contribution is -2.44. The molecule has 0 aliphatic heterocycles. The van der Waals surface area contributed by atoms with Crippen LogP contribution in [-0.2, 0) is 11.2 Å². The molecule has 1 aromatic heterocycles. The Balaban J connectivity index is 1.56. The highest BCUT2D eigenvalue weighted by Gasteiger charge is 2.46. The molecule has 0 spiro atoms. The van der Waals surface area contributed by atoms with E-state index in [-0.39, 0.29) is 36.0 Å². The van der Waals surface area contributed by atoms with Crippen LogP contribution < -0.4 is 10.1 Å². The maximum Gasteiger partial charge on any atom is 0.257 e. The Kier molecular flexibility index (Phi) is 5.96. The molecule has 4 rings (SSSR count). The molecule has 2 N–H and O–H groups in total. The molecule has 0 unspecified atom stereocenters. The zero-order valence-corrected chi connectivity index (χ0v) is 16.7. The first-order chi connectivity index (χ1) is 14.9. The number of hydrogen-bond donors (Lipinski definition) is 2. The van der Waals surface area contributed by atoms with Crippen LogP contribution in [0.4, 0.5) is 13.2 Å². The number of H-pyrrole nitrogens is 1. The van der Waals surface area contributed by atoms with Crippen LogP contribution in [0.5, 0.6) is 5.75 Å². The van der Waals surface area contributed by atoms with Gasteiger partial charge in [-0.25, -0.2) is 18.2 Å². The molecule has 0 radical (unpaired) electrons. The highest BCUT2D eigenvalue weighted by atomic mass is 19.3. The van der Waals surface area contributed by atoms with E-state index in [4.69, 9.17) is 4.74 Å². The molecular weight excluding hydrogens is 411 g/mol. The summed E-state index contributed by atoms with van der Waals surface area (Å²) in [5.74, 6) is -0.690. The van der Waals surface area contributed by atoms with E-state index in [1.165, 1.54) is 18.5 Å². The second-order valence-electron chi connectivity index (χ2n) is 8.21. The van der Waals surface area contributed by atoms with Gasteiger partial charge in [-0.3, -0.25) is 15.2 Å². The summed E-state index contributed by atoms with van der Waals surface area (Å²) in [5.41, 5.74) is -0.594. The molecule has 2 fully saturated rings. The van der Waals surface area contributed by atoms with Crippen molar-refractivity contribution < 1.29 is 22.7 Å². The molecule has 1 heterocycles. The van der Waals surface area contributed by atoms with Gasteiger partial charge in [-0.15, -0.1) is 0 Å². The number of Topliss-reactive ketones (excluding diaryl/α,β-unsaturated/α-hetero) is 1. The summed E-state index contributed by atoms with van der Waals surface area (Å²) in [6, 6.07) is 3.20. The van der Waals surface area contributed by atoms with Crippen molar-refractivity contribution in [3.63, 3.8) is 0 Å². The summed E-state index contributed by atoms with van der Waals surface area (Å²) in [5, 5.41) is 18.4. The molecule has 0 bridgehead atoms. The first kappa shape index (κ1) is 21.3. The third-order valence-electron chi connectivity index (χ3n) is 5.62. The smallest absolute Gasteiger partial charge is 0.257 e. The standard InChI is InChI=1S/C21H22F3N5O2/c22-14-4-1-12(7-17(14)31-13-2-3-13)19(20(23)24)28-15(8-18-26-11-27-29-18)16(30)9-21(10-25)5-6-21/h1,4,7,11,13,15,19-20,28H,2-3,5-6,8-9H2,(H,26,27,29)/t15-,19-/m0/s1. The predicted octanol–water partition coefficient (Wildman–Crippen LogP) is 3.26. The Hall–Kier alpha value is -2.93. The molecule has 10 heteroatoms. The summed E-state index contributed by atoms with van der Waals surface area (Å²) in [4.78, 5) is 16.9. The Labute approximate surface area is 177 Å². The molecule has 2 atom stereocenters. The van der Waals surface area contributed by atoms with Crippen molar-refractivity contribution in [2.75, 3.05) is 0 Å². The quantitative estimate of drug-likeness (QED) is 0.564. The van der Waals surface area contributed by atoms with Crippen LogP contribution in [0, 0.1) is 22.6 Å². The van der Waals surface area contributed by atoms with E-state index >= 15 is 0 Å². The number of ether oxygens (including phenoxy) is 1. The first-order valence-corrected chi connectivity index (χ1v) is 10.2. The van der Waals surface area contributed by atoms with Crippen molar-refractivity contribution in [1.82, 2.24) is 20.5 Å². The van der Waals surface area contributed by atoms with E-state index in [1.54, 1.807) is 0 Å². The summed E-state index contributed by atoms with van der Waals surface area (Å²) in [6.45, 7) is 0. The summed E-state index contributed by atoms with van der Waals surface area (Å²) in [7, 11) is 0. The predicted molar refractivity (Wildman–Crippen MR) is 103 cm³/mol. The van der Waals surface area contributed by atoms with Gasteiger partial charge in [-0.05, 0) is 43.4 Å². The molecule has 2 aromatic rings. The largest absolute Gasteiger partial charge is 0.487 e. The number of alkyl halides is 2. The normalized spacial score (nSPS) is 18.9. The average Bonchev–Trinajstić information content (AvgIpc) is 3.66. The van der Waals surface area contributed by atoms with Gasteiger partial charge in [0.25, 0.3) is 6.43 Å². The highest BCUT2D eigenvalue weighted by molar-refractivity contribution is 5.85. The van der Waals surface area contributed by atoms with Crippen LogP contribution in [0.15, 0.2) is 24.5 Å². The molecule has 2 saturated carbocycles. The van der Waals surface area contributed by atoms with Crippen molar-refractivity contribution in [2.45, 2.75) is 63.1 Å². The highest BCUT2D eigenvalue weighted by Crippen LogP contribution is 2.48. The second-order valence-corrected chi connectivity index (χ2v) is 8.21. The maximum absolute atomic E-state index is 14.1. The summed E-state index contributed by atoms with van der Waals surface area (Å²) < 4.78 is 47.6. The Bertz CT molecular complexity index is 968. The fraction of sp³-hybridized carbons (Fsp3) is 0.524. The first-order valence-electron chi connectivity index (χ1n) is 10.2. The monoisotopic (exact) mass is 433 g/mol. The zero-order chi connectivity index (χ0) is 22.0. The van der Waals surface area contributed by atoms with Gasteiger partial charge in [0.15, 0.2) is 17.3 Å². The van der Waals surface area contributed by atoms with E-state index in [2.05, 4.69) is 26.6 Å². The Morgan fingerprint density at radius 3 is 2.74 bits per heavy atom. The van der Waals surface area contributed by atoms with Crippen molar-refractivity contribution in [3.05, 3.63) is 41.7 Å². The van der Waals surface area contributed by atoms with Crippen molar-refractivity contribution in [3.8, 4) is 11.8 Å². The molecule has 0 saturated heterocycles. The molecule has 1 aromatic carbocycles. The fourth-order valence-corrected chi connectivity index (χ4v) is 3.42. The van der Waals surface area contributed by atoms with E-state index in [1.807, 2.05) is 0 Å². The summed E-state index contributed by atoms with van der Waals surface area (Å²) >= 11 is 0. The van der Waals surface area contributed by atoms with Gasteiger partial charge >= 0.3 is 0 Å². The minimum absolute atomic E-state index is 0.0101. The van der Waals surface area contributed by atoms with Gasteiger partial charge in [-0.1, -0.05) is 6.07 Å². The summed E-state index contributed by atoms with van der Waals surface area (Å²) in [6.07, 6.45) is 1.12. The van der Waals surface area contributed by atoms with Gasteiger partial charge in [-0.2, -0.15) is 10.4 Å². The van der Waals surface area contributed by atoms with Crippen LogP contribution in [-0.4, -0.2) is 39.5 Å². The van der Waals surface area contributed by atoms with E-state index in [0.717, 1.165) is 18.9 Å². The lowest BCUT2D eigenvalue weighted by molar-refractivity contribution is -0.122. The Morgan fingerprint density at radius 1 is 1.39 bits per heavy atom. The zero-order valence-electron chi connectivity index (χ0n) is 16.7. The SMILES string of the molecule is N#CC1(CC(=O)[C@H](Cc2ncn[nH]2)N[C@@H](c2ccc(F)c(OC3CC3)c2)C(F)F)CC1. The lowest BCUT2D eigenvalue weighted by Gasteiger charge is -2.25. The molecule has 31 heavy (non-hydrogen) atoms. The maximum atomic E-state index is 14.1. The number of nitriles is 1. The van der Waals surface area contributed by atoms with Gasteiger partial charge in [0.1, 0.15) is 12.2 Å².